The van der Waals surface area contributed by atoms with Crippen LogP contribution in [-0.4, -0.2) is 41.8 Å². The monoisotopic (exact) mass is 563 g/mol. The van der Waals surface area contributed by atoms with Crippen molar-refractivity contribution in [1.29, 1.82) is 0 Å². The van der Waals surface area contributed by atoms with Gasteiger partial charge in [0.05, 0.1) is 21.6 Å². The summed E-state index contributed by atoms with van der Waals surface area (Å²) in [5.41, 5.74) is 3.75. The van der Waals surface area contributed by atoms with E-state index in [0.29, 0.717) is 10.0 Å². The molecule has 1 fully saturated rings. The van der Waals surface area contributed by atoms with Gasteiger partial charge >= 0.3 is 0 Å². The number of piperidine rings is 1. The van der Waals surface area contributed by atoms with E-state index in [0.717, 1.165) is 54.6 Å². The first-order valence-corrected chi connectivity index (χ1v) is 14.3. The number of halogens is 2. The maximum atomic E-state index is 13.0. The van der Waals surface area contributed by atoms with Crippen molar-refractivity contribution in [2.24, 2.45) is 5.92 Å². The minimum atomic E-state index is -0.394. The average Bonchev–Trinajstić information content (AvgIpc) is 3.19. The van der Waals surface area contributed by atoms with Crippen molar-refractivity contribution >= 4 is 35.0 Å². The summed E-state index contributed by atoms with van der Waals surface area (Å²) in [4.78, 5) is 29.6. The Kier molecular flexibility index (Phi) is 8.04. The Balaban J connectivity index is 1.44. The minimum absolute atomic E-state index is 0.00607. The summed E-state index contributed by atoms with van der Waals surface area (Å²) in [5, 5.41) is 4.36. The van der Waals surface area contributed by atoms with Gasteiger partial charge in [-0.15, -0.1) is 0 Å². The van der Waals surface area contributed by atoms with E-state index in [-0.39, 0.29) is 29.8 Å². The van der Waals surface area contributed by atoms with Gasteiger partial charge < -0.3 is 10.2 Å². The molecule has 1 N–H and O–H groups in total. The number of carbonyl (C=O) groups is 2. The Morgan fingerprint density at radius 1 is 1.00 bits per heavy atom. The topological polar surface area (TPSA) is 52.7 Å². The van der Waals surface area contributed by atoms with Gasteiger partial charge in [0, 0.05) is 38.7 Å². The molecule has 3 atom stereocenters. The number of benzene rings is 3. The Morgan fingerprint density at radius 2 is 1.67 bits per heavy atom. The second-order valence-electron chi connectivity index (χ2n) is 11.0. The summed E-state index contributed by atoms with van der Waals surface area (Å²) >= 11 is 12.8. The van der Waals surface area contributed by atoms with E-state index in [1.807, 2.05) is 60.5 Å². The third-order valence-electron chi connectivity index (χ3n) is 8.54. The van der Waals surface area contributed by atoms with Gasteiger partial charge in [0.25, 0.3) is 5.91 Å². The predicted octanol–water partition coefficient (Wildman–Crippen LogP) is 7.02. The van der Waals surface area contributed by atoms with Crippen molar-refractivity contribution < 1.29 is 9.59 Å². The molecule has 0 saturated carbocycles. The lowest BCUT2D eigenvalue weighted by Crippen LogP contribution is -2.53. The predicted molar refractivity (Wildman–Crippen MR) is 157 cm³/mol. The number of nitrogens with one attached hydrogen (secondary N) is 1. The zero-order valence-corrected chi connectivity index (χ0v) is 24.2. The van der Waals surface area contributed by atoms with Crippen LogP contribution in [0.3, 0.4) is 0 Å². The van der Waals surface area contributed by atoms with Crippen LogP contribution in [0.15, 0.2) is 72.8 Å². The summed E-state index contributed by atoms with van der Waals surface area (Å²) < 4.78 is 0. The van der Waals surface area contributed by atoms with Gasteiger partial charge in [-0.25, -0.2) is 0 Å². The molecule has 3 unspecified atom stereocenters. The molecule has 204 valence electrons. The highest BCUT2D eigenvalue weighted by Crippen LogP contribution is 2.44. The normalized spacial score (nSPS) is 20.4. The van der Waals surface area contributed by atoms with Gasteiger partial charge in [0.2, 0.25) is 5.91 Å². The fourth-order valence-corrected chi connectivity index (χ4v) is 6.96. The van der Waals surface area contributed by atoms with E-state index in [2.05, 4.69) is 41.4 Å². The van der Waals surface area contributed by atoms with Crippen LogP contribution in [0.2, 0.25) is 10.0 Å². The van der Waals surface area contributed by atoms with E-state index in [4.69, 9.17) is 23.2 Å². The highest BCUT2D eigenvalue weighted by Gasteiger charge is 2.41. The first-order chi connectivity index (χ1) is 18.7. The summed E-state index contributed by atoms with van der Waals surface area (Å²) in [6.45, 7) is 5.44. The Bertz CT molecular complexity index is 1350. The van der Waals surface area contributed by atoms with Gasteiger partial charge in [0.1, 0.15) is 0 Å². The molecular formula is C32H35Cl2N3O2. The van der Waals surface area contributed by atoms with Crippen LogP contribution in [0.1, 0.15) is 72.2 Å². The fourth-order valence-electron chi connectivity index (χ4n) is 6.66. The summed E-state index contributed by atoms with van der Waals surface area (Å²) in [6.07, 6.45) is 2.44. The largest absolute Gasteiger partial charge is 0.347 e. The van der Waals surface area contributed by atoms with Gasteiger partial charge in [-0.3, -0.25) is 14.5 Å². The lowest BCUT2D eigenvalue weighted by atomic mass is 9.79. The molecule has 0 spiro atoms. The zero-order valence-electron chi connectivity index (χ0n) is 22.7. The van der Waals surface area contributed by atoms with Crippen molar-refractivity contribution in [3.63, 3.8) is 0 Å². The number of nitrogens with zero attached hydrogens (tertiary/aromatic N) is 2. The lowest BCUT2D eigenvalue weighted by molar-refractivity contribution is -0.121. The first-order valence-electron chi connectivity index (χ1n) is 13.6. The van der Waals surface area contributed by atoms with Crippen LogP contribution in [0.4, 0.5) is 0 Å². The Morgan fingerprint density at radius 3 is 2.33 bits per heavy atom. The van der Waals surface area contributed by atoms with Gasteiger partial charge in [-0.1, -0.05) is 84.7 Å². The fraction of sp³-hybridized carbons (Fsp3) is 0.375. The molecule has 1 saturated heterocycles. The smallest absolute Gasteiger partial charge is 0.254 e. The maximum absolute atomic E-state index is 13.0. The van der Waals surface area contributed by atoms with E-state index in [1.54, 1.807) is 6.92 Å². The molecule has 2 aliphatic heterocycles. The van der Waals surface area contributed by atoms with Gasteiger partial charge in [0.15, 0.2) is 0 Å². The third kappa shape index (κ3) is 5.45. The number of hydrogen-bond acceptors (Lipinski definition) is 3. The molecule has 2 aliphatic rings. The van der Waals surface area contributed by atoms with Crippen LogP contribution < -0.4 is 5.32 Å². The quantitative estimate of drug-likeness (QED) is 0.336. The van der Waals surface area contributed by atoms with Crippen molar-refractivity contribution in [3.05, 3.63) is 105 Å². The number of likely N-dealkylation sites (tertiary alicyclic amines) is 1. The number of carbonyl (C=O) groups excluding carboxylic acids is 2. The Labute approximate surface area is 241 Å². The lowest BCUT2D eigenvalue weighted by Gasteiger charge is -2.46. The van der Waals surface area contributed by atoms with E-state index in [1.165, 1.54) is 0 Å². The van der Waals surface area contributed by atoms with Crippen molar-refractivity contribution in [2.75, 3.05) is 20.1 Å². The van der Waals surface area contributed by atoms with Crippen LogP contribution >= 0.6 is 23.2 Å². The molecule has 3 aromatic rings. The Hall–Kier alpha value is -2.86. The second-order valence-corrected chi connectivity index (χ2v) is 11.8. The van der Waals surface area contributed by atoms with Crippen molar-refractivity contribution in [3.8, 4) is 0 Å². The van der Waals surface area contributed by atoms with Crippen LogP contribution in [0.25, 0.3) is 0 Å². The molecule has 5 nitrogen and oxygen atoms in total. The maximum Gasteiger partial charge on any atom is 0.254 e. The molecule has 39 heavy (non-hydrogen) atoms. The van der Waals surface area contributed by atoms with Gasteiger partial charge in [-0.2, -0.15) is 0 Å². The van der Waals surface area contributed by atoms with Crippen LogP contribution in [0, 0.1) is 5.92 Å². The molecular weight excluding hydrogens is 529 g/mol. The standard InChI is InChI=1S/C32H35Cl2N3O2/c1-21(30-25-11-7-8-12-26(25)31(39)36(30)3)19-29(23-13-14-27(33)28(34)20-23)37-17-15-32(16-18-37,35-22(2)38)24-9-5-4-6-10-24/h4-14,20-21,29-30H,15-19H2,1-3H3,(H,35,38). The first kappa shape index (κ1) is 27.7. The summed E-state index contributed by atoms with van der Waals surface area (Å²) in [6, 6.07) is 24.2. The molecule has 0 aromatic heterocycles. The number of amides is 2. The van der Waals surface area contributed by atoms with E-state index in [9.17, 15) is 9.59 Å². The number of rotatable bonds is 7. The van der Waals surface area contributed by atoms with Crippen molar-refractivity contribution in [1.82, 2.24) is 15.1 Å². The summed E-state index contributed by atoms with van der Waals surface area (Å²) in [5.74, 6) is 0.252. The molecule has 5 rings (SSSR count). The SMILES string of the molecule is CC(=O)NC1(c2ccccc2)CCN(C(CC(C)C2c3ccccc3C(=O)N2C)c2ccc(Cl)c(Cl)c2)CC1. The zero-order chi connectivity index (χ0) is 27.7. The highest BCUT2D eigenvalue weighted by atomic mass is 35.5. The third-order valence-corrected chi connectivity index (χ3v) is 9.28. The summed E-state index contributed by atoms with van der Waals surface area (Å²) in [7, 11) is 1.90. The highest BCUT2D eigenvalue weighted by molar-refractivity contribution is 6.42. The second kappa shape index (κ2) is 11.3. The molecule has 2 amide bonds. The average molecular weight is 565 g/mol. The molecule has 0 aliphatic carbocycles. The van der Waals surface area contributed by atoms with Crippen LogP contribution in [-0.2, 0) is 10.3 Å². The van der Waals surface area contributed by atoms with Gasteiger partial charge in [-0.05, 0) is 60.1 Å². The van der Waals surface area contributed by atoms with Crippen LogP contribution in [0.5, 0.6) is 0 Å². The van der Waals surface area contributed by atoms with E-state index >= 15 is 0 Å². The number of hydrogen-bond donors (Lipinski definition) is 1. The molecule has 0 bridgehead atoms. The van der Waals surface area contributed by atoms with E-state index < -0.39 is 5.54 Å². The molecule has 2 heterocycles. The molecule has 0 radical (unpaired) electrons. The van der Waals surface area contributed by atoms with Crippen molar-refractivity contribution in [2.45, 2.75) is 50.7 Å². The number of fused-ring (bicyclic) bond motifs is 1. The molecule has 7 heteroatoms. The molecule has 3 aromatic carbocycles. The minimum Gasteiger partial charge on any atom is -0.347 e.